The highest BCUT2D eigenvalue weighted by Crippen LogP contribution is 2.21. The Morgan fingerprint density at radius 1 is 1.29 bits per heavy atom. The largest absolute Gasteiger partial charge is 0.440 e. The Morgan fingerprint density at radius 2 is 2.14 bits per heavy atom. The number of furan rings is 1. The second kappa shape index (κ2) is 5.41. The third-order valence-corrected chi connectivity index (χ3v) is 2.91. The van der Waals surface area contributed by atoms with Crippen molar-refractivity contribution < 1.29 is 13.7 Å². The first-order valence-electron chi connectivity index (χ1n) is 6.09. The monoisotopic (exact) mass is 303 g/mol. The molecule has 2 aromatic heterocycles. The van der Waals surface area contributed by atoms with E-state index in [-0.39, 0.29) is 16.9 Å². The molecule has 0 bridgehead atoms. The quantitative estimate of drug-likeness (QED) is 0.800. The van der Waals surface area contributed by atoms with Crippen LogP contribution in [0.5, 0.6) is 0 Å². The maximum Gasteiger partial charge on any atom is 0.291 e. The Hall–Kier alpha value is -2.60. The molecule has 3 rings (SSSR count). The molecule has 3 aromatic rings. The lowest BCUT2D eigenvalue weighted by Crippen LogP contribution is -2.10. The first-order chi connectivity index (χ1) is 10.1. The Morgan fingerprint density at radius 3 is 2.81 bits per heavy atom. The van der Waals surface area contributed by atoms with Crippen LogP contribution in [0.2, 0.25) is 5.22 Å². The van der Waals surface area contributed by atoms with Gasteiger partial charge in [-0.1, -0.05) is 17.3 Å². The van der Waals surface area contributed by atoms with E-state index in [4.69, 9.17) is 20.5 Å². The Bertz CT molecular complexity index is 794. The SMILES string of the molecule is Cc1nc(-c2cccc(NC(=O)c3ccc(Cl)o3)c2)no1. The standard InChI is InChI=1S/C14H10ClN3O3/c1-8-16-13(18-21-8)9-3-2-4-10(7-9)17-14(19)11-5-6-12(15)20-11/h2-7H,1H3,(H,17,19). The highest BCUT2D eigenvalue weighted by molar-refractivity contribution is 6.29. The van der Waals surface area contributed by atoms with Crippen LogP contribution < -0.4 is 5.32 Å². The van der Waals surface area contributed by atoms with Gasteiger partial charge in [-0.15, -0.1) is 0 Å². The van der Waals surface area contributed by atoms with Crippen molar-refractivity contribution in [3.8, 4) is 11.4 Å². The molecule has 0 aliphatic rings. The van der Waals surface area contributed by atoms with Gasteiger partial charge in [-0.2, -0.15) is 4.98 Å². The number of carbonyl (C=O) groups is 1. The average molecular weight is 304 g/mol. The summed E-state index contributed by atoms with van der Waals surface area (Å²) in [5.74, 6) is 0.693. The highest BCUT2D eigenvalue weighted by atomic mass is 35.5. The molecule has 1 aromatic carbocycles. The van der Waals surface area contributed by atoms with E-state index in [1.165, 1.54) is 12.1 Å². The van der Waals surface area contributed by atoms with Gasteiger partial charge in [0.25, 0.3) is 5.91 Å². The van der Waals surface area contributed by atoms with Crippen molar-refractivity contribution in [3.63, 3.8) is 0 Å². The Balaban J connectivity index is 1.82. The van der Waals surface area contributed by atoms with Crippen LogP contribution in [-0.2, 0) is 0 Å². The van der Waals surface area contributed by atoms with Gasteiger partial charge in [0.15, 0.2) is 11.0 Å². The second-order valence-corrected chi connectivity index (χ2v) is 4.65. The summed E-state index contributed by atoms with van der Waals surface area (Å²) in [6.07, 6.45) is 0. The van der Waals surface area contributed by atoms with Crippen LogP contribution >= 0.6 is 11.6 Å². The molecule has 0 fully saturated rings. The number of nitrogens with one attached hydrogen (secondary N) is 1. The molecule has 0 saturated heterocycles. The fourth-order valence-corrected chi connectivity index (χ4v) is 1.93. The van der Waals surface area contributed by atoms with Crippen molar-refractivity contribution in [2.45, 2.75) is 6.92 Å². The number of aryl methyl sites for hydroxylation is 1. The molecular formula is C14H10ClN3O3. The predicted octanol–water partition coefficient (Wildman–Crippen LogP) is 3.54. The molecule has 7 heteroatoms. The van der Waals surface area contributed by atoms with E-state index in [1.54, 1.807) is 25.1 Å². The molecule has 0 aliphatic heterocycles. The zero-order valence-corrected chi connectivity index (χ0v) is 11.7. The lowest BCUT2D eigenvalue weighted by Gasteiger charge is -2.04. The molecule has 0 spiro atoms. The number of hydrogen-bond donors (Lipinski definition) is 1. The summed E-state index contributed by atoms with van der Waals surface area (Å²) in [4.78, 5) is 16.1. The van der Waals surface area contributed by atoms with E-state index in [9.17, 15) is 4.79 Å². The van der Waals surface area contributed by atoms with Crippen molar-refractivity contribution >= 4 is 23.2 Å². The molecule has 0 aliphatic carbocycles. The number of rotatable bonds is 3. The van der Waals surface area contributed by atoms with E-state index in [0.717, 1.165) is 5.56 Å². The smallest absolute Gasteiger partial charge is 0.291 e. The minimum Gasteiger partial charge on any atom is -0.440 e. The highest BCUT2D eigenvalue weighted by Gasteiger charge is 2.12. The topological polar surface area (TPSA) is 81.2 Å². The molecular weight excluding hydrogens is 294 g/mol. The fraction of sp³-hybridized carbons (Fsp3) is 0.0714. The summed E-state index contributed by atoms with van der Waals surface area (Å²) in [7, 11) is 0. The lowest BCUT2D eigenvalue weighted by molar-refractivity contribution is 0.0997. The van der Waals surface area contributed by atoms with Crippen LogP contribution in [0.3, 0.4) is 0 Å². The van der Waals surface area contributed by atoms with Crippen LogP contribution in [-0.4, -0.2) is 16.0 Å². The zero-order valence-electron chi connectivity index (χ0n) is 11.0. The minimum absolute atomic E-state index is 0.140. The van der Waals surface area contributed by atoms with Gasteiger partial charge in [0.05, 0.1) is 0 Å². The van der Waals surface area contributed by atoms with Crippen molar-refractivity contribution in [1.82, 2.24) is 10.1 Å². The maximum absolute atomic E-state index is 12.0. The van der Waals surface area contributed by atoms with Crippen LogP contribution in [0.15, 0.2) is 45.3 Å². The number of amides is 1. The number of nitrogens with zero attached hydrogens (tertiary/aromatic N) is 2. The Labute approximate surface area is 124 Å². The van der Waals surface area contributed by atoms with Crippen molar-refractivity contribution in [1.29, 1.82) is 0 Å². The van der Waals surface area contributed by atoms with E-state index >= 15 is 0 Å². The lowest BCUT2D eigenvalue weighted by atomic mass is 10.2. The second-order valence-electron chi connectivity index (χ2n) is 4.28. The average Bonchev–Trinajstić information content (AvgIpc) is 3.08. The summed E-state index contributed by atoms with van der Waals surface area (Å²) >= 11 is 5.64. The molecule has 2 heterocycles. The van der Waals surface area contributed by atoms with Crippen molar-refractivity contribution in [2.24, 2.45) is 0 Å². The third kappa shape index (κ3) is 2.95. The van der Waals surface area contributed by atoms with Crippen LogP contribution in [0.25, 0.3) is 11.4 Å². The first kappa shape index (κ1) is 13.4. The molecule has 6 nitrogen and oxygen atoms in total. The summed E-state index contributed by atoms with van der Waals surface area (Å²) in [5.41, 5.74) is 1.33. The minimum atomic E-state index is -0.386. The third-order valence-electron chi connectivity index (χ3n) is 2.70. The summed E-state index contributed by atoms with van der Waals surface area (Å²) in [6, 6.07) is 10.1. The van der Waals surface area contributed by atoms with Gasteiger partial charge < -0.3 is 14.3 Å². The van der Waals surface area contributed by atoms with Crippen LogP contribution in [0, 0.1) is 6.92 Å². The molecule has 0 saturated carbocycles. The molecule has 0 atom stereocenters. The van der Waals surface area contributed by atoms with Gasteiger partial charge in [0.1, 0.15) is 0 Å². The summed E-state index contributed by atoms with van der Waals surface area (Å²) in [5, 5.41) is 6.71. The number of hydrogen-bond acceptors (Lipinski definition) is 5. The number of halogens is 1. The fourth-order valence-electron chi connectivity index (χ4n) is 1.78. The first-order valence-corrected chi connectivity index (χ1v) is 6.47. The molecule has 1 amide bonds. The van der Waals surface area contributed by atoms with E-state index < -0.39 is 0 Å². The van der Waals surface area contributed by atoms with Crippen LogP contribution in [0.1, 0.15) is 16.4 Å². The molecule has 1 N–H and O–H groups in total. The predicted molar refractivity (Wildman–Crippen MR) is 76.1 cm³/mol. The summed E-state index contributed by atoms with van der Waals surface area (Å²) < 4.78 is 9.98. The van der Waals surface area contributed by atoms with Gasteiger partial charge in [-0.05, 0) is 35.9 Å². The Kier molecular flexibility index (Phi) is 3.45. The van der Waals surface area contributed by atoms with Crippen molar-refractivity contribution in [3.05, 3.63) is 53.3 Å². The van der Waals surface area contributed by atoms with E-state index in [2.05, 4.69) is 15.5 Å². The van der Waals surface area contributed by atoms with Crippen LogP contribution in [0.4, 0.5) is 5.69 Å². The van der Waals surface area contributed by atoms with E-state index in [0.29, 0.717) is 17.4 Å². The number of carbonyl (C=O) groups excluding carboxylic acids is 1. The van der Waals surface area contributed by atoms with Crippen molar-refractivity contribution in [2.75, 3.05) is 5.32 Å². The molecule has 0 unspecified atom stereocenters. The van der Waals surface area contributed by atoms with E-state index in [1.807, 2.05) is 6.07 Å². The number of aromatic nitrogens is 2. The van der Waals surface area contributed by atoms with Gasteiger partial charge in [-0.3, -0.25) is 4.79 Å². The van der Waals surface area contributed by atoms with Gasteiger partial charge in [-0.25, -0.2) is 0 Å². The normalized spacial score (nSPS) is 10.6. The van der Waals surface area contributed by atoms with Gasteiger partial charge in [0.2, 0.25) is 11.7 Å². The summed E-state index contributed by atoms with van der Waals surface area (Å²) in [6.45, 7) is 1.71. The van der Waals surface area contributed by atoms with Gasteiger partial charge in [0, 0.05) is 18.2 Å². The molecule has 21 heavy (non-hydrogen) atoms. The maximum atomic E-state index is 12.0. The zero-order chi connectivity index (χ0) is 14.8. The molecule has 0 radical (unpaired) electrons. The molecule has 106 valence electrons. The number of anilines is 1. The van der Waals surface area contributed by atoms with Gasteiger partial charge >= 0.3 is 0 Å². The number of benzene rings is 1.